The summed E-state index contributed by atoms with van der Waals surface area (Å²) in [4.78, 5) is 4.39. The summed E-state index contributed by atoms with van der Waals surface area (Å²) in [5, 5.41) is 6.05. The molecule has 0 radical (unpaired) electrons. The van der Waals surface area contributed by atoms with Crippen molar-refractivity contribution >= 4 is 11.3 Å². The highest BCUT2D eigenvalue weighted by atomic mass is 32.1. The molecule has 1 aromatic heterocycles. The molecule has 0 spiro atoms. The van der Waals surface area contributed by atoms with Crippen LogP contribution >= 0.6 is 11.3 Å². The fourth-order valence-electron chi connectivity index (χ4n) is 1.91. The average molecular weight is 280 g/mol. The monoisotopic (exact) mass is 280 g/mol. The zero-order valence-corrected chi connectivity index (χ0v) is 11.7. The van der Waals surface area contributed by atoms with Crippen LogP contribution in [0.15, 0.2) is 5.38 Å². The molecule has 0 amide bonds. The van der Waals surface area contributed by atoms with Gasteiger partial charge in [-0.05, 0) is 33.2 Å². The fraction of sp³-hybridized carbons (Fsp3) is 0.750. The molecule has 0 aliphatic heterocycles. The second-order valence-corrected chi connectivity index (χ2v) is 5.48. The molecule has 1 N–H and O–H groups in total. The second kappa shape index (κ2) is 6.02. The Morgan fingerprint density at radius 3 is 2.44 bits per heavy atom. The summed E-state index contributed by atoms with van der Waals surface area (Å²) >= 11 is 1.50. The average Bonchev–Trinajstić information content (AvgIpc) is 2.63. The van der Waals surface area contributed by atoms with E-state index in [0.717, 1.165) is 10.7 Å². The molecule has 18 heavy (non-hydrogen) atoms. The SMILES string of the molecule is CCNC(C)(CCCC(F)(F)F)c1nc(C)cs1. The van der Waals surface area contributed by atoms with Crippen molar-refractivity contribution in [1.29, 1.82) is 0 Å². The lowest BCUT2D eigenvalue weighted by Crippen LogP contribution is -2.39. The van der Waals surface area contributed by atoms with E-state index < -0.39 is 18.1 Å². The van der Waals surface area contributed by atoms with Gasteiger partial charge in [0.05, 0.1) is 5.54 Å². The molecule has 2 nitrogen and oxygen atoms in total. The van der Waals surface area contributed by atoms with Crippen LogP contribution < -0.4 is 5.32 Å². The molecule has 104 valence electrons. The third kappa shape index (κ3) is 4.57. The Hall–Kier alpha value is -0.620. The standard InChI is InChI=1S/C12H19F3N2S/c1-4-16-11(3,6-5-7-12(13,14)15)10-17-9(2)8-18-10/h8,16H,4-7H2,1-3H3. The first-order chi connectivity index (χ1) is 8.27. The van der Waals surface area contributed by atoms with Crippen LogP contribution in [0.4, 0.5) is 13.2 Å². The minimum Gasteiger partial charge on any atom is -0.306 e. The zero-order chi connectivity index (χ0) is 13.8. The van der Waals surface area contributed by atoms with E-state index >= 15 is 0 Å². The Morgan fingerprint density at radius 2 is 2.00 bits per heavy atom. The van der Waals surface area contributed by atoms with Crippen LogP contribution in [-0.2, 0) is 5.54 Å². The van der Waals surface area contributed by atoms with Crippen LogP contribution in [0.5, 0.6) is 0 Å². The van der Waals surface area contributed by atoms with Crippen LogP contribution in [0.25, 0.3) is 0 Å². The van der Waals surface area contributed by atoms with Crippen molar-refractivity contribution in [2.24, 2.45) is 0 Å². The minimum absolute atomic E-state index is 0.117. The molecule has 0 bridgehead atoms. The van der Waals surface area contributed by atoms with Gasteiger partial charge in [0.2, 0.25) is 0 Å². The zero-order valence-electron chi connectivity index (χ0n) is 10.9. The maximum absolute atomic E-state index is 12.2. The van der Waals surface area contributed by atoms with Gasteiger partial charge in [-0.25, -0.2) is 4.98 Å². The van der Waals surface area contributed by atoms with Gasteiger partial charge in [-0.1, -0.05) is 6.92 Å². The summed E-state index contributed by atoms with van der Waals surface area (Å²) in [5.74, 6) is 0. The van der Waals surface area contributed by atoms with Crippen molar-refractivity contribution in [3.8, 4) is 0 Å². The quantitative estimate of drug-likeness (QED) is 0.851. The molecule has 0 aliphatic carbocycles. The summed E-state index contributed by atoms with van der Waals surface area (Å²) in [6.07, 6.45) is -4.26. The highest BCUT2D eigenvalue weighted by Crippen LogP contribution is 2.32. The van der Waals surface area contributed by atoms with Gasteiger partial charge in [0.15, 0.2) is 0 Å². The van der Waals surface area contributed by atoms with E-state index in [2.05, 4.69) is 10.3 Å². The van der Waals surface area contributed by atoms with E-state index in [9.17, 15) is 13.2 Å². The van der Waals surface area contributed by atoms with E-state index in [1.807, 2.05) is 26.2 Å². The third-order valence-corrected chi connectivity index (χ3v) is 4.02. The lowest BCUT2D eigenvalue weighted by Gasteiger charge is -2.28. The van der Waals surface area contributed by atoms with Gasteiger partial charge in [0, 0.05) is 17.5 Å². The molecule has 6 heteroatoms. The summed E-state index contributed by atoms with van der Waals surface area (Å²) in [7, 11) is 0. The number of aryl methyl sites for hydroxylation is 1. The molecule has 1 atom stereocenters. The van der Waals surface area contributed by atoms with Gasteiger partial charge in [-0.3, -0.25) is 0 Å². The van der Waals surface area contributed by atoms with E-state index in [1.54, 1.807) is 0 Å². The molecule has 1 rings (SSSR count). The number of aromatic nitrogens is 1. The Kier molecular flexibility index (Phi) is 5.16. The lowest BCUT2D eigenvalue weighted by atomic mass is 9.95. The minimum atomic E-state index is -4.08. The van der Waals surface area contributed by atoms with Gasteiger partial charge >= 0.3 is 6.18 Å². The maximum Gasteiger partial charge on any atom is 0.389 e. The third-order valence-electron chi connectivity index (χ3n) is 2.80. The van der Waals surface area contributed by atoms with Crippen molar-refractivity contribution < 1.29 is 13.2 Å². The molecule has 0 saturated carbocycles. The van der Waals surface area contributed by atoms with Gasteiger partial charge in [-0.15, -0.1) is 11.3 Å². The van der Waals surface area contributed by atoms with E-state index in [4.69, 9.17) is 0 Å². The Bertz CT molecular complexity index is 376. The van der Waals surface area contributed by atoms with Crippen molar-refractivity contribution in [3.05, 3.63) is 16.1 Å². The van der Waals surface area contributed by atoms with Gasteiger partial charge in [0.1, 0.15) is 5.01 Å². The van der Waals surface area contributed by atoms with Crippen molar-refractivity contribution in [2.45, 2.75) is 51.7 Å². The maximum atomic E-state index is 12.2. The topological polar surface area (TPSA) is 24.9 Å². The number of hydrogen-bond acceptors (Lipinski definition) is 3. The van der Waals surface area contributed by atoms with E-state index in [1.165, 1.54) is 11.3 Å². The first kappa shape index (κ1) is 15.4. The summed E-state index contributed by atoms with van der Waals surface area (Å²) < 4.78 is 36.6. The molecule has 0 aliphatic rings. The Labute approximate surface area is 110 Å². The van der Waals surface area contributed by atoms with Gasteiger partial charge in [0.25, 0.3) is 0 Å². The summed E-state index contributed by atoms with van der Waals surface area (Å²) in [6, 6.07) is 0. The van der Waals surface area contributed by atoms with Crippen molar-refractivity contribution in [1.82, 2.24) is 10.3 Å². The van der Waals surface area contributed by atoms with Gasteiger partial charge < -0.3 is 5.32 Å². The molecule has 1 unspecified atom stereocenters. The molecule has 1 heterocycles. The summed E-state index contributed by atoms with van der Waals surface area (Å²) in [6.45, 7) is 6.47. The normalized spacial score (nSPS) is 15.7. The van der Waals surface area contributed by atoms with Gasteiger partial charge in [-0.2, -0.15) is 13.2 Å². The number of thiazole rings is 1. The number of rotatable bonds is 6. The number of nitrogens with one attached hydrogen (secondary N) is 1. The van der Waals surface area contributed by atoms with Crippen molar-refractivity contribution in [2.75, 3.05) is 6.54 Å². The fourth-order valence-corrected chi connectivity index (χ4v) is 2.88. The van der Waals surface area contributed by atoms with Crippen LogP contribution in [-0.4, -0.2) is 17.7 Å². The van der Waals surface area contributed by atoms with E-state index in [-0.39, 0.29) is 6.42 Å². The largest absolute Gasteiger partial charge is 0.389 e. The first-order valence-corrected chi connectivity index (χ1v) is 6.89. The predicted molar refractivity (Wildman–Crippen MR) is 67.8 cm³/mol. The highest BCUT2D eigenvalue weighted by molar-refractivity contribution is 7.09. The first-order valence-electron chi connectivity index (χ1n) is 6.01. The smallest absolute Gasteiger partial charge is 0.306 e. The number of halogens is 3. The number of alkyl halides is 3. The molecular weight excluding hydrogens is 261 g/mol. The molecule has 0 aromatic carbocycles. The Morgan fingerprint density at radius 1 is 1.33 bits per heavy atom. The van der Waals surface area contributed by atoms with Crippen LogP contribution in [0.1, 0.15) is 43.8 Å². The summed E-state index contributed by atoms with van der Waals surface area (Å²) in [5.41, 5.74) is 0.453. The van der Waals surface area contributed by atoms with Crippen molar-refractivity contribution in [3.63, 3.8) is 0 Å². The second-order valence-electron chi connectivity index (χ2n) is 4.63. The lowest BCUT2D eigenvalue weighted by molar-refractivity contribution is -0.136. The number of hydrogen-bond donors (Lipinski definition) is 1. The van der Waals surface area contributed by atoms with Crippen LogP contribution in [0, 0.1) is 6.92 Å². The molecular formula is C12H19F3N2S. The number of nitrogens with zero attached hydrogens (tertiary/aromatic N) is 1. The molecule has 0 saturated heterocycles. The van der Waals surface area contributed by atoms with E-state index in [0.29, 0.717) is 13.0 Å². The molecule has 0 fully saturated rings. The molecule has 1 aromatic rings. The highest BCUT2D eigenvalue weighted by Gasteiger charge is 2.32. The predicted octanol–water partition coefficient (Wildman–Crippen LogP) is 4.01. The Balaban J connectivity index is 2.69. The van der Waals surface area contributed by atoms with Crippen LogP contribution in [0.2, 0.25) is 0 Å². The van der Waals surface area contributed by atoms with Crippen LogP contribution in [0.3, 0.4) is 0 Å².